The second-order valence-electron chi connectivity index (χ2n) is 13.5. The molecular formula is C48H29N5S2. The van der Waals surface area contributed by atoms with Crippen LogP contribution >= 0.6 is 22.7 Å². The zero-order chi connectivity index (χ0) is 36.3. The standard InChI is InChI=1S/C48H29N5S2/c1-3-11-43-40(9-1)51-47(54-43)30-15-20-36(21-16-30)53(37-22-17-31(18-23-37)48-52-41-10-2-4-12-44(41)55-48)38-24-19-32-27-34(14-13-33(32)28-38)45-39-8-6-25-49-42(39)29-35-7-5-26-50-46(35)45/h1-29H. The maximum atomic E-state index is 4.92. The minimum Gasteiger partial charge on any atom is -0.310 e. The lowest BCUT2D eigenvalue weighted by molar-refractivity contribution is 1.29. The average Bonchev–Trinajstić information content (AvgIpc) is 3.89. The summed E-state index contributed by atoms with van der Waals surface area (Å²) in [6.45, 7) is 0. The molecule has 0 aliphatic rings. The van der Waals surface area contributed by atoms with Gasteiger partial charge in [-0.3, -0.25) is 9.97 Å². The van der Waals surface area contributed by atoms with Crippen molar-refractivity contribution in [3.63, 3.8) is 0 Å². The minimum absolute atomic E-state index is 0.965. The van der Waals surface area contributed by atoms with Gasteiger partial charge in [-0.25, -0.2) is 9.97 Å². The van der Waals surface area contributed by atoms with Crippen LogP contribution in [0.15, 0.2) is 176 Å². The number of para-hydroxylation sites is 2. The second kappa shape index (κ2) is 13.0. The Hall–Kier alpha value is -6.80. The molecule has 0 saturated carbocycles. The van der Waals surface area contributed by atoms with Gasteiger partial charge >= 0.3 is 0 Å². The van der Waals surface area contributed by atoms with Crippen LogP contribution in [0.3, 0.4) is 0 Å². The van der Waals surface area contributed by atoms with Crippen LogP contribution in [0.2, 0.25) is 0 Å². The van der Waals surface area contributed by atoms with Crippen molar-refractivity contribution in [3.8, 4) is 32.3 Å². The summed E-state index contributed by atoms with van der Waals surface area (Å²) in [5.41, 5.74) is 11.6. The van der Waals surface area contributed by atoms with Crippen LogP contribution in [-0.4, -0.2) is 19.9 Å². The third-order valence-electron chi connectivity index (χ3n) is 10.2. The summed E-state index contributed by atoms with van der Waals surface area (Å²) in [5, 5.41) is 6.53. The Kier molecular flexibility index (Phi) is 7.46. The lowest BCUT2D eigenvalue weighted by atomic mass is 9.95. The fraction of sp³-hybridized carbons (Fsp3) is 0. The van der Waals surface area contributed by atoms with E-state index in [1.807, 2.05) is 36.7 Å². The van der Waals surface area contributed by atoms with Crippen LogP contribution in [0.25, 0.3) is 85.3 Å². The topological polar surface area (TPSA) is 54.8 Å². The summed E-state index contributed by atoms with van der Waals surface area (Å²) in [5.74, 6) is 0. The molecule has 4 aromatic heterocycles. The van der Waals surface area contributed by atoms with Crippen molar-refractivity contribution in [2.75, 3.05) is 4.90 Å². The fourth-order valence-corrected chi connectivity index (χ4v) is 9.47. The Labute approximate surface area is 324 Å². The van der Waals surface area contributed by atoms with Crippen LogP contribution < -0.4 is 4.90 Å². The molecule has 0 amide bonds. The lowest BCUT2D eigenvalue weighted by Gasteiger charge is -2.26. The summed E-state index contributed by atoms with van der Waals surface area (Å²) in [4.78, 5) is 21.7. The van der Waals surface area contributed by atoms with Crippen LogP contribution in [0.1, 0.15) is 0 Å². The van der Waals surface area contributed by atoms with Gasteiger partial charge in [0.1, 0.15) is 10.0 Å². The molecular weight excluding hydrogens is 711 g/mol. The first kappa shape index (κ1) is 31.7. The van der Waals surface area contributed by atoms with Crippen molar-refractivity contribution < 1.29 is 0 Å². The van der Waals surface area contributed by atoms with Crippen molar-refractivity contribution in [1.29, 1.82) is 0 Å². The Morgan fingerprint density at radius 2 is 0.964 bits per heavy atom. The minimum atomic E-state index is 0.965. The molecule has 0 atom stereocenters. The fourth-order valence-electron chi connectivity index (χ4n) is 7.53. The van der Waals surface area contributed by atoms with Gasteiger partial charge in [0.15, 0.2) is 0 Å². The van der Waals surface area contributed by atoms with Crippen LogP contribution in [0.4, 0.5) is 17.1 Å². The lowest BCUT2D eigenvalue weighted by Crippen LogP contribution is -2.09. The number of anilines is 3. The predicted octanol–water partition coefficient (Wildman–Crippen LogP) is 13.6. The molecule has 258 valence electrons. The van der Waals surface area contributed by atoms with Crippen molar-refractivity contribution >= 4 is 92.7 Å². The van der Waals surface area contributed by atoms with Gasteiger partial charge in [0.2, 0.25) is 0 Å². The molecule has 4 heterocycles. The van der Waals surface area contributed by atoms with Crippen molar-refractivity contribution in [2.45, 2.75) is 0 Å². The molecule has 0 N–H and O–H groups in total. The SMILES string of the molecule is c1cnc2c(-c3ccc4cc(N(c5ccc(-c6nc7ccccc7s6)cc5)c5ccc(-c6nc7ccccc7s6)cc5)ccc4c3)c3cccnc3cc2c1. The highest BCUT2D eigenvalue weighted by Crippen LogP contribution is 2.41. The zero-order valence-electron chi connectivity index (χ0n) is 29.3. The Morgan fingerprint density at radius 1 is 0.400 bits per heavy atom. The third-order valence-corrected chi connectivity index (χ3v) is 12.4. The van der Waals surface area contributed by atoms with Crippen LogP contribution in [0.5, 0.6) is 0 Å². The number of fused-ring (bicyclic) bond motifs is 5. The van der Waals surface area contributed by atoms with Crippen molar-refractivity contribution in [3.05, 3.63) is 176 Å². The number of hydrogen-bond donors (Lipinski definition) is 0. The van der Waals surface area contributed by atoms with Crippen LogP contribution in [-0.2, 0) is 0 Å². The van der Waals surface area contributed by atoms with Gasteiger partial charge in [-0.15, -0.1) is 22.7 Å². The molecule has 0 aliphatic heterocycles. The molecule has 0 saturated heterocycles. The molecule has 5 nitrogen and oxygen atoms in total. The number of rotatable bonds is 6. The third kappa shape index (κ3) is 5.60. The molecule has 0 aliphatic carbocycles. The highest BCUT2D eigenvalue weighted by molar-refractivity contribution is 7.22. The molecule has 0 spiro atoms. The number of hydrogen-bond acceptors (Lipinski definition) is 7. The smallest absolute Gasteiger partial charge is 0.124 e. The molecule has 11 aromatic rings. The number of aromatic nitrogens is 4. The van der Waals surface area contributed by atoms with E-state index in [9.17, 15) is 0 Å². The molecule has 0 fully saturated rings. The van der Waals surface area contributed by atoms with Crippen LogP contribution in [0, 0.1) is 0 Å². The van der Waals surface area contributed by atoms with E-state index in [0.29, 0.717) is 0 Å². The first-order valence-corrected chi connectivity index (χ1v) is 19.7. The van der Waals surface area contributed by atoms with Gasteiger partial charge in [0.25, 0.3) is 0 Å². The molecule has 0 radical (unpaired) electrons. The molecule has 0 bridgehead atoms. The normalized spacial score (nSPS) is 11.6. The second-order valence-corrected chi connectivity index (χ2v) is 15.6. The summed E-state index contributed by atoms with van der Waals surface area (Å²) in [6, 6.07) is 57.9. The quantitative estimate of drug-likeness (QED) is 0.159. The van der Waals surface area contributed by atoms with Gasteiger partial charge in [-0.1, -0.05) is 54.6 Å². The zero-order valence-corrected chi connectivity index (χ0v) is 30.9. The van der Waals surface area contributed by atoms with E-state index in [0.717, 1.165) is 92.9 Å². The van der Waals surface area contributed by atoms with E-state index < -0.39 is 0 Å². The Balaban J connectivity index is 1.01. The number of pyridine rings is 2. The summed E-state index contributed by atoms with van der Waals surface area (Å²) < 4.78 is 2.38. The Bertz CT molecular complexity index is 2980. The number of thiazole rings is 2. The maximum absolute atomic E-state index is 4.92. The van der Waals surface area contributed by atoms with E-state index in [2.05, 4.69) is 144 Å². The predicted molar refractivity (Wildman–Crippen MR) is 232 cm³/mol. The number of nitrogens with zero attached hydrogens (tertiary/aromatic N) is 5. The Morgan fingerprint density at radius 3 is 1.64 bits per heavy atom. The van der Waals surface area contributed by atoms with E-state index in [1.54, 1.807) is 22.7 Å². The average molecular weight is 740 g/mol. The number of benzene rings is 7. The van der Waals surface area contributed by atoms with E-state index in [4.69, 9.17) is 19.9 Å². The van der Waals surface area contributed by atoms with Crippen molar-refractivity contribution in [1.82, 2.24) is 19.9 Å². The van der Waals surface area contributed by atoms with E-state index in [-0.39, 0.29) is 0 Å². The molecule has 11 rings (SSSR count). The van der Waals surface area contributed by atoms with Gasteiger partial charge in [0, 0.05) is 56.9 Å². The monoisotopic (exact) mass is 739 g/mol. The molecule has 0 unspecified atom stereocenters. The molecule has 7 aromatic carbocycles. The van der Waals surface area contributed by atoms with Crippen molar-refractivity contribution in [2.24, 2.45) is 0 Å². The summed E-state index contributed by atoms with van der Waals surface area (Å²) in [7, 11) is 0. The highest BCUT2D eigenvalue weighted by Gasteiger charge is 2.17. The van der Waals surface area contributed by atoms with E-state index in [1.165, 1.54) is 9.40 Å². The molecule has 55 heavy (non-hydrogen) atoms. The summed E-state index contributed by atoms with van der Waals surface area (Å²) in [6.07, 6.45) is 3.72. The van der Waals surface area contributed by atoms with Gasteiger partial charge in [0.05, 0.1) is 31.5 Å². The van der Waals surface area contributed by atoms with Gasteiger partial charge in [-0.2, -0.15) is 0 Å². The maximum Gasteiger partial charge on any atom is 0.124 e. The first-order valence-electron chi connectivity index (χ1n) is 18.1. The highest BCUT2D eigenvalue weighted by atomic mass is 32.1. The first-order chi connectivity index (χ1) is 27.2. The van der Waals surface area contributed by atoms with E-state index >= 15 is 0 Å². The molecule has 7 heteroatoms. The van der Waals surface area contributed by atoms with Gasteiger partial charge < -0.3 is 4.90 Å². The largest absolute Gasteiger partial charge is 0.310 e. The summed E-state index contributed by atoms with van der Waals surface area (Å²) >= 11 is 3.45. The van der Waals surface area contributed by atoms with Gasteiger partial charge in [-0.05, 0) is 126 Å².